The normalized spacial score (nSPS) is 33.6. The van der Waals surface area contributed by atoms with Crippen LogP contribution in [0.3, 0.4) is 0 Å². The number of epoxide rings is 1. The van der Waals surface area contributed by atoms with Crippen molar-refractivity contribution in [2.45, 2.75) is 63.7 Å². The van der Waals surface area contributed by atoms with Gasteiger partial charge in [0.15, 0.2) is 0 Å². The average molecular weight is 227 g/mol. The zero-order valence-corrected chi connectivity index (χ0v) is 10.3. The van der Waals surface area contributed by atoms with Gasteiger partial charge in [-0.05, 0) is 46.5 Å². The second-order valence-electron chi connectivity index (χ2n) is 5.89. The minimum atomic E-state index is -0.417. The Kier molecular flexibility index (Phi) is 2.86. The largest absolute Gasteiger partial charge is 0.444 e. The maximum absolute atomic E-state index is 11.5. The molecule has 1 heterocycles. The van der Waals surface area contributed by atoms with E-state index in [1.807, 2.05) is 20.8 Å². The van der Waals surface area contributed by atoms with Crippen LogP contribution in [0.4, 0.5) is 4.79 Å². The molecular formula is C12H21NO3. The Labute approximate surface area is 96.7 Å². The highest BCUT2D eigenvalue weighted by atomic mass is 16.6. The molecule has 0 atom stereocenters. The quantitative estimate of drug-likeness (QED) is 0.699. The number of hydrogen-bond donors (Lipinski definition) is 1. The molecule has 2 fully saturated rings. The maximum Gasteiger partial charge on any atom is 0.407 e. The summed E-state index contributed by atoms with van der Waals surface area (Å²) in [5, 5.41) is 2.92. The number of carbonyl (C=O) groups is 1. The highest BCUT2D eigenvalue weighted by molar-refractivity contribution is 5.68. The predicted molar refractivity (Wildman–Crippen MR) is 60.3 cm³/mol. The van der Waals surface area contributed by atoms with Crippen molar-refractivity contribution in [1.29, 1.82) is 0 Å². The van der Waals surface area contributed by atoms with Crippen molar-refractivity contribution in [2.24, 2.45) is 0 Å². The topological polar surface area (TPSA) is 50.9 Å². The van der Waals surface area contributed by atoms with E-state index in [2.05, 4.69) is 5.32 Å². The first kappa shape index (κ1) is 11.7. The van der Waals surface area contributed by atoms with Crippen LogP contribution in [-0.4, -0.2) is 29.9 Å². The van der Waals surface area contributed by atoms with Crippen LogP contribution in [-0.2, 0) is 9.47 Å². The van der Waals surface area contributed by atoms with Crippen LogP contribution >= 0.6 is 0 Å². The second kappa shape index (κ2) is 3.91. The summed E-state index contributed by atoms with van der Waals surface area (Å²) in [6.45, 7) is 6.54. The van der Waals surface area contributed by atoms with Gasteiger partial charge in [0.05, 0.1) is 12.2 Å². The summed E-state index contributed by atoms with van der Waals surface area (Å²) in [5.74, 6) is 0. The molecule has 1 aliphatic carbocycles. The van der Waals surface area contributed by atoms with Gasteiger partial charge in [0.1, 0.15) is 5.60 Å². The molecule has 92 valence electrons. The standard InChI is InChI=1S/C12H21NO3/c1-11(2,3)16-10(14)13-9-4-6-12(7-5-9)8-15-12/h9H,4-8H2,1-3H3,(H,13,14)/t9-,12+. The van der Waals surface area contributed by atoms with Crippen LogP contribution in [0, 0.1) is 0 Å². The van der Waals surface area contributed by atoms with Crippen molar-refractivity contribution in [3.8, 4) is 0 Å². The monoisotopic (exact) mass is 227 g/mol. The second-order valence-corrected chi connectivity index (χ2v) is 5.89. The number of nitrogens with one attached hydrogen (secondary N) is 1. The summed E-state index contributed by atoms with van der Waals surface area (Å²) in [7, 11) is 0. The van der Waals surface area contributed by atoms with Crippen LogP contribution in [0.2, 0.25) is 0 Å². The Balaban J connectivity index is 1.72. The number of amides is 1. The highest BCUT2D eigenvalue weighted by Crippen LogP contribution is 2.41. The summed E-state index contributed by atoms with van der Waals surface area (Å²) >= 11 is 0. The van der Waals surface area contributed by atoms with Crippen molar-refractivity contribution >= 4 is 6.09 Å². The van der Waals surface area contributed by atoms with Crippen LogP contribution in [0.1, 0.15) is 46.5 Å². The van der Waals surface area contributed by atoms with Gasteiger partial charge in [-0.15, -0.1) is 0 Å². The van der Waals surface area contributed by atoms with E-state index in [4.69, 9.17) is 9.47 Å². The van der Waals surface area contributed by atoms with Crippen LogP contribution in [0.5, 0.6) is 0 Å². The summed E-state index contributed by atoms with van der Waals surface area (Å²) in [6, 6.07) is 0.254. The number of hydrogen-bond acceptors (Lipinski definition) is 3. The molecular weight excluding hydrogens is 206 g/mol. The molecule has 4 heteroatoms. The van der Waals surface area contributed by atoms with Gasteiger partial charge >= 0.3 is 6.09 Å². The molecule has 1 saturated carbocycles. The number of alkyl carbamates (subject to hydrolysis) is 1. The molecule has 0 aromatic heterocycles. The van der Waals surface area contributed by atoms with Gasteiger partial charge in [-0.25, -0.2) is 4.79 Å². The molecule has 0 radical (unpaired) electrons. The molecule has 1 aliphatic heterocycles. The van der Waals surface area contributed by atoms with E-state index in [1.54, 1.807) is 0 Å². The van der Waals surface area contributed by atoms with Crippen molar-refractivity contribution in [2.75, 3.05) is 6.61 Å². The fourth-order valence-corrected chi connectivity index (χ4v) is 2.15. The third-order valence-electron chi connectivity index (χ3n) is 3.17. The van der Waals surface area contributed by atoms with Gasteiger partial charge in [0, 0.05) is 6.04 Å². The van der Waals surface area contributed by atoms with Gasteiger partial charge in [-0.3, -0.25) is 0 Å². The first-order valence-electron chi connectivity index (χ1n) is 6.02. The summed E-state index contributed by atoms with van der Waals surface area (Å²) < 4.78 is 10.7. The van der Waals surface area contributed by atoms with E-state index < -0.39 is 5.60 Å². The zero-order valence-electron chi connectivity index (χ0n) is 10.3. The molecule has 0 bridgehead atoms. The Morgan fingerprint density at radius 3 is 2.38 bits per heavy atom. The molecule has 1 spiro atoms. The third-order valence-corrected chi connectivity index (χ3v) is 3.17. The Morgan fingerprint density at radius 1 is 1.38 bits per heavy atom. The molecule has 1 N–H and O–H groups in total. The van der Waals surface area contributed by atoms with Crippen LogP contribution in [0.25, 0.3) is 0 Å². The highest BCUT2D eigenvalue weighted by Gasteiger charge is 2.47. The lowest BCUT2D eigenvalue weighted by atomic mass is 9.86. The Hall–Kier alpha value is -0.770. The molecule has 0 unspecified atom stereocenters. The van der Waals surface area contributed by atoms with Gasteiger partial charge in [-0.2, -0.15) is 0 Å². The summed E-state index contributed by atoms with van der Waals surface area (Å²) in [5.41, 5.74) is -0.230. The van der Waals surface area contributed by atoms with Crippen molar-refractivity contribution < 1.29 is 14.3 Å². The SMILES string of the molecule is CC(C)(C)OC(=O)N[C@H]1CC[C@@]2(CC1)CO2. The molecule has 0 aromatic rings. The lowest BCUT2D eigenvalue weighted by molar-refractivity contribution is 0.0482. The minimum Gasteiger partial charge on any atom is -0.444 e. The van der Waals surface area contributed by atoms with E-state index >= 15 is 0 Å². The lowest BCUT2D eigenvalue weighted by Crippen LogP contribution is -2.42. The fraction of sp³-hybridized carbons (Fsp3) is 0.917. The van der Waals surface area contributed by atoms with Gasteiger partial charge in [0.2, 0.25) is 0 Å². The molecule has 0 aromatic carbocycles. The Morgan fingerprint density at radius 2 is 1.94 bits per heavy atom. The summed E-state index contributed by atoms with van der Waals surface area (Å²) in [4.78, 5) is 11.5. The molecule has 2 aliphatic rings. The summed E-state index contributed by atoms with van der Waals surface area (Å²) in [6.07, 6.45) is 3.82. The van der Waals surface area contributed by atoms with Crippen molar-refractivity contribution in [3.05, 3.63) is 0 Å². The smallest absolute Gasteiger partial charge is 0.407 e. The Bertz CT molecular complexity index is 268. The van der Waals surface area contributed by atoms with Crippen molar-refractivity contribution in [1.82, 2.24) is 5.32 Å². The first-order valence-corrected chi connectivity index (χ1v) is 6.02. The number of ether oxygens (including phenoxy) is 2. The average Bonchev–Trinajstić information content (AvgIpc) is 2.87. The van der Waals surface area contributed by atoms with E-state index in [1.165, 1.54) is 0 Å². The molecule has 1 saturated heterocycles. The van der Waals surface area contributed by atoms with E-state index in [-0.39, 0.29) is 17.7 Å². The predicted octanol–water partition coefficient (Wildman–Crippen LogP) is 2.22. The van der Waals surface area contributed by atoms with Gasteiger partial charge < -0.3 is 14.8 Å². The molecule has 16 heavy (non-hydrogen) atoms. The van der Waals surface area contributed by atoms with Crippen molar-refractivity contribution in [3.63, 3.8) is 0 Å². The van der Waals surface area contributed by atoms with Crippen LogP contribution in [0.15, 0.2) is 0 Å². The van der Waals surface area contributed by atoms with Crippen LogP contribution < -0.4 is 5.32 Å². The zero-order chi connectivity index (χ0) is 11.8. The molecule has 4 nitrogen and oxygen atoms in total. The molecule has 2 rings (SSSR count). The maximum atomic E-state index is 11.5. The van der Waals surface area contributed by atoms with E-state index in [9.17, 15) is 4.79 Å². The van der Waals surface area contributed by atoms with Gasteiger partial charge in [-0.1, -0.05) is 0 Å². The third kappa shape index (κ3) is 3.11. The molecule has 1 amide bonds. The number of rotatable bonds is 1. The fourth-order valence-electron chi connectivity index (χ4n) is 2.15. The lowest BCUT2D eigenvalue weighted by Gasteiger charge is -2.28. The number of carbonyl (C=O) groups excluding carboxylic acids is 1. The first-order chi connectivity index (χ1) is 7.39. The van der Waals surface area contributed by atoms with E-state index in [0.717, 1.165) is 32.3 Å². The van der Waals surface area contributed by atoms with E-state index in [0.29, 0.717) is 0 Å². The minimum absolute atomic E-state index is 0.187. The van der Waals surface area contributed by atoms with Gasteiger partial charge in [0.25, 0.3) is 0 Å².